The lowest BCUT2D eigenvalue weighted by molar-refractivity contribution is 0.0204. The molecular formula is C22H33ClN2O4. The first kappa shape index (κ1) is 23.3. The Kier molecular flexibility index (Phi) is 7.80. The smallest absolute Gasteiger partial charge is 0.415 e. The second-order valence-electron chi connectivity index (χ2n) is 8.39. The Balaban J connectivity index is 2.17. The number of hydrogen-bond acceptors (Lipinski definition) is 4. The van der Waals surface area contributed by atoms with E-state index in [0.29, 0.717) is 37.0 Å². The number of carbonyl (C=O) groups is 2. The summed E-state index contributed by atoms with van der Waals surface area (Å²) in [6.07, 6.45) is 0.804. The number of nitrogens with zero attached hydrogens (tertiary/aromatic N) is 2. The molecule has 0 N–H and O–H groups in total. The molecule has 0 bridgehead atoms. The quantitative estimate of drug-likeness (QED) is 0.630. The molecule has 1 aliphatic heterocycles. The number of benzene rings is 1. The monoisotopic (exact) mass is 424 g/mol. The van der Waals surface area contributed by atoms with E-state index in [-0.39, 0.29) is 18.1 Å². The van der Waals surface area contributed by atoms with E-state index < -0.39 is 5.60 Å². The van der Waals surface area contributed by atoms with Crippen molar-refractivity contribution in [3.8, 4) is 5.75 Å². The summed E-state index contributed by atoms with van der Waals surface area (Å²) in [7, 11) is 0. The van der Waals surface area contributed by atoms with Crippen LogP contribution in [0.2, 0.25) is 5.02 Å². The van der Waals surface area contributed by atoms with Gasteiger partial charge in [0, 0.05) is 31.7 Å². The Morgan fingerprint density at radius 1 is 1.17 bits per heavy atom. The van der Waals surface area contributed by atoms with Gasteiger partial charge >= 0.3 is 12.2 Å². The molecule has 1 aliphatic rings. The van der Waals surface area contributed by atoms with Gasteiger partial charge in [0.25, 0.3) is 0 Å². The molecule has 1 aromatic rings. The molecule has 0 saturated carbocycles. The first-order valence-corrected chi connectivity index (χ1v) is 10.7. The van der Waals surface area contributed by atoms with Gasteiger partial charge in [0.05, 0.1) is 5.02 Å². The van der Waals surface area contributed by atoms with E-state index in [9.17, 15) is 9.59 Å². The van der Waals surface area contributed by atoms with Gasteiger partial charge in [0.2, 0.25) is 0 Å². The number of amides is 2. The maximum absolute atomic E-state index is 12.5. The fourth-order valence-electron chi connectivity index (χ4n) is 3.47. The topological polar surface area (TPSA) is 59.1 Å². The minimum Gasteiger partial charge on any atom is -0.444 e. The van der Waals surface area contributed by atoms with Crippen LogP contribution in [0.15, 0.2) is 12.1 Å². The van der Waals surface area contributed by atoms with Crippen LogP contribution in [-0.2, 0) is 4.74 Å². The predicted octanol–water partition coefficient (Wildman–Crippen LogP) is 5.60. The highest BCUT2D eigenvalue weighted by atomic mass is 35.5. The van der Waals surface area contributed by atoms with Gasteiger partial charge in [0.15, 0.2) is 0 Å². The van der Waals surface area contributed by atoms with Gasteiger partial charge < -0.3 is 19.3 Å². The molecule has 2 rings (SSSR count). The number of halogens is 1. The number of likely N-dealkylation sites (tertiary alicyclic amines) is 1. The van der Waals surface area contributed by atoms with Crippen LogP contribution in [0.5, 0.6) is 5.75 Å². The molecule has 6 nitrogen and oxygen atoms in total. The van der Waals surface area contributed by atoms with Crippen LogP contribution in [0.1, 0.15) is 64.5 Å². The Bertz CT molecular complexity index is 733. The zero-order chi connectivity index (χ0) is 21.8. The van der Waals surface area contributed by atoms with Crippen molar-refractivity contribution in [1.82, 2.24) is 9.80 Å². The third kappa shape index (κ3) is 6.01. The normalized spacial score (nSPS) is 15.2. The van der Waals surface area contributed by atoms with E-state index in [4.69, 9.17) is 21.1 Å². The number of ether oxygens (including phenoxy) is 2. The molecule has 0 aromatic heterocycles. The molecular weight excluding hydrogens is 392 g/mol. The molecule has 29 heavy (non-hydrogen) atoms. The van der Waals surface area contributed by atoms with E-state index in [1.165, 1.54) is 0 Å². The van der Waals surface area contributed by atoms with E-state index >= 15 is 0 Å². The minimum atomic E-state index is -0.514. The van der Waals surface area contributed by atoms with Crippen molar-refractivity contribution in [2.75, 3.05) is 26.2 Å². The molecule has 7 heteroatoms. The number of rotatable bonds is 4. The molecule has 0 radical (unpaired) electrons. The van der Waals surface area contributed by atoms with Crippen LogP contribution in [0.4, 0.5) is 9.59 Å². The summed E-state index contributed by atoms with van der Waals surface area (Å²) >= 11 is 6.64. The zero-order valence-electron chi connectivity index (χ0n) is 18.4. The first-order valence-electron chi connectivity index (χ1n) is 10.3. The van der Waals surface area contributed by atoms with Crippen molar-refractivity contribution in [3.05, 3.63) is 28.3 Å². The Morgan fingerprint density at radius 2 is 1.76 bits per heavy atom. The summed E-state index contributed by atoms with van der Waals surface area (Å²) in [4.78, 5) is 28.2. The molecule has 1 saturated heterocycles. The molecule has 162 valence electrons. The number of hydrogen-bond donors (Lipinski definition) is 0. The third-order valence-electron chi connectivity index (χ3n) is 5.11. The van der Waals surface area contributed by atoms with Gasteiger partial charge in [0.1, 0.15) is 11.4 Å². The first-order chi connectivity index (χ1) is 13.6. The number of aryl methyl sites for hydroxylation is 1. The molecule has 1 fully saturated rings. The van der Waals surface area contributed by atoms with Gasteiger partial charge in [-0.25, -0.2) is 9.59 Å². The summed E-state index contributed by atoms with van der Waals surface area (Å²) < 4.78 is 11.2. The summed E-state index contributed by atoms with van der Waals surface area (Å²) in [5.41, 5.74) is 1.29. The van der Waals surface area contributed by atoms with Crippen molar-refractivity contribution in [2.45, 2.75) is 65.9 Å². The van der Waals surface area contributed by atoms with Crippen molar-refractivity contribution in [1.29, 1.82) is 0 Å². The maximum Gasteiger partial charge on any atom is 0.415 e. The van der Waals surface area contributed by atoms with Crippen LogP contribution in [0, 0.1) is 6.92 Å². The fourth-order valence-corrected chi connectivity index (χ4v) is 3.78. The van der Waals surface area contributed by atoms with Gasteiger partial charge in [-0.3, -0.25) is 0 Å². The molecule has 2 amide bonds. The van der Waals surface area contributed by atoms with Crippen molar-refractivity contribution in [3.63, 3.8) is 0 Å². The molecule has 0 aliphatic carbocycles. The van der Waals surface area contributed by atoms with Crippen molar-refractivity contribution in [2.24, 2.45) is 0 Å². The molecule has 1 heterocycles. The van der Waals surface area contributed by atoms with Crippen LogP contribution >= 0.6 is 11.6 Å². The Hall–Kier alpha value is -1.95. The summed E-state index contributed by atoms with van der Waals surface area (Å²) in [5.74, 6) is 0.619. The van der Waals surface area contributed by atoms with Gasteiger partial charge in [-0.05, 0) is 71.9 Å². The largest absolute Gasteiger partial charge is 0.444 e. The highest BCUT2D eigenvalue weighted by Crippen LogP contribution is 2.41. The SMILES string of the molecule is CCN(CC)C(=O)Oc1ccc(C)c(Cl)c1C1CCN(C(=O)OC(C)(C)C)CC1. The highest BCUT2D eigenvalue weighted by Gasteiger charge is 2.31. The second-order valence-corrected chi connectivity index (χ2v) is 8.77. The van der Waals surface area contributed by atoms with Crippen LogP contribution in [0.3, 0.4) is 0 Å². The number of carbonyl (C=O) groups excluding carboxylic acids is 2. The maximum atomic E-state index is 12.5. The molecule has 1 aromatic carbocycles. The second kappa shape index (κ2) is 9.70. The minimum absolute atomic E-state index is 0.112. The van der Waals surface area contributed by atoms with Gasteiger partial charge in [-0.2, -0.15) is 0 Å². The number of piperidine rings is 1. The molecule has 0 spiro atoms. The average molecular weight is 425 g/mol. The van der Waals surface area contributed by atoms with Gasteiger partial charge in [-0.1, -0.05) is 17.7 Å². The van der Waals surface area contributed by atoms with Crippen LogP contribution in [0.25, 0.3) is 0 Å². The molecule has 0 atom stereocenters. The predicted molar refractivity (Wildman–Crippen MR) is 115 cm³/mol. The zero-order valence-corrected chi connectivity index (χ0v) is 19.1. The molecule has 0 unspecified atom stereocenters. The Morgan fingerprint density at radius 3 is 2.28 bits per heavy atom. The average Bonchev–Trinajstić information content (AvgIpc) is 2.65. The lowest BCUT2D eigenvalue weighted by Crippen LogP contribution is -2.41. The third-order valence-corrected chi connectivity index (χ3v) is 5.61. The fraction of sp³-hybridized carbons (Fsp3) is 0.636. The lowest BCUT2D eigenvalue weighted by Gasteiger charge is -2.34. The van der Waals surface area contributed by atoms with E-state index in [1.807, 2.05) is 53.7 Å². The highest BCUT2D eigenvalue weighted by molar-refractivity contribution is 6.32. The van der Waals surface area contributed by atoms with Crippen molar-refractivity contribution >= 4 is 23.8 Å². The van der Waals surface area contributed by atoms with Gasteiger partial charge in [-0.15, -0.1) is 0 Å². The van der Waals surface area contributed by atoms with Crippen LogP contribution in [-0.4, -0.2) is 53.8 Å². The summed E-state index contributed by atoms with van der Waals surface area (Å²) in [6.45, 7) is 13.7. The summed E-state index contributed by atoms with van der Waals surface area (Å²) in [6, 6.07) is 3.69. The van der Waals surface area contributed by atoms with E-state index in [2.05, 4.69) is 0 Å². The Labute approximate surface area is 179 Å². The van der Waals surface area contributed by atoms with E-state index in [0.717, 1.165) is 24.0 Å². The lowest BCUT2D eigenvalue weighted by atomic mass is 9.88. The van der Waals surface area contributed by atoms with Crippen molar-refractivity contribution < 1.29 is 19.1 Å². The summed E-state index contributed by atoms with van der Waals surface area (Å²) in [5, 5.41) is 0.630. The standard InChI is InChI=1S/C22H33ClN2O4/c1-7-24(8-2)20(26)28-17-10-9-15(3)19(23)18(17)16-11-13-25(14-12-16)21(27)29-22(4,5)6/h9-10,16H,7-8,11-14H2,1-6H3. The van der Waals surface area contributed by atoms with E-state index in [1.54, 1.807) is 9.80 Å². The van der Waals surface area contributed by atoms with Crippen LogP contribution < -0.4 is 4.74 Å².